The molecule has 0 bridgehead atoms. The molecule has 1 rings (SSSR count). The number of rotatable bonds is 3. The molecular formula is C8H6O4. The number of carbonyl (C=O) groups excluding carboxylic acids is 3. The van der Waals surface area contributed by atoms with E-state index >= 15 is 0 Å². The van der Waals surface area contributed by atoms with Crippen molar-refractivity contribution in [1.82, 2.24) is 0 Å². The van der Waals surface area contributed by atoms with Gasteiger partial charge in [0.15, 0.2) is 5.76 Å². The van der Waals surface area contributed by atoms with Crippen LogP contribution < -0.4 is 0 Å². The van der Waals surface area contributed by atoms with Crippen LogP contribution in [0.2, 0.25) is 0 Å². The van der Waals surface area contributed by atoms with Crippen LogP contribution >= 0.6 is 0 Å². The fourth-order valence-corrected chi connectivity index (χ4v) is 0.680. The van der Waals surface area contributed by atoms with Gasteiger partial charge in [0, 0.05) is 6.92 Å². The monoisotopic (exact) mass is 166 g/mol. The normalized spacial score (nSPS) is 9.42. The van der Waals surface area contributed by atoms with Crippen LogP contribution in [0, 0.1) is 0 Å². The highest BCUT2D eigenvalue weighted by atomic mass is 16.3. The van der Waals surface area contributed by atoms with E-state index in [-0.39, 0.29) is 5.76 Å². The summed E-state index contributed by atoms with van der Waals surface area (Å²) in [6.45, 7) is 1.04. The molecule has 0 aliphatic carbocycles. The van der Waals surface area contributed by atoms with Gasteiger partial charge in [0.1, 0.15) is 0 Å². The molecule has 0 radical (unpaired) electrons. The zero-order valence-corrected chi connectivity index (χ0v) is 6.37. The zero-order chi connectivity index (χ0) is 9.14. The quantitative estimate of drug-likeness (QED) is 0.375. The average Bonchev–Trinajstić information content (AvgIpc) is 2.53. The fourth-order valence-electron chi connectivity index (χ4n) is 0.680. The lowest BCUT2D eigenvalue weighted by Gasteiger charge is -1.89. The highest BCUT2D eigenvalue weighted by molar-refractivity contribution is 6.66. The van der Waals surface area contributed by atoms with E-state index in [4.69, 9.17) is 0 Å². The smallest absolute Gasteiger partial charge is 0.272 e. The Morgan fingerprint density at radius 1 is 1.33 bits per heavy atom. The minimum absolute atomic E-state index is 0.102. The summed E-state index contributed by atoms with van der Waals surface area (Å²) in [5.74, 6) is -2.83. The Kier molecular flexibility index (Phi) is 2.19. The Bertz CT molecular complexity index is 321. The lowest BCUT2D eigenvalue weighted by Crippen LogP contribution is -2.20. The first kappa shape index (κ1) is 8.39. The van der Waals surface area contributed by atoms with E-state index in [1.807, 2.05) is 0 Å². The predicted octanol–water partition coefficient (Wildman–Crippen LogP) is 0.620. The molecule has 0 atom stereocenters. The molecular weight excluding hydrogens is 160 g/mol. The molecule has 62 valence electrons. The molecule has 0 aliphatic rings. The summed E-state index contributed by atoms with van der Waals surface area (Å²) in [5, 5.41) is 0. The van der Waals surface area contributed by atoms with Gasteiger partial charge in [0.25, 0.3) is 11.6 Å². The van der Waals surface area contributed by atoms with Crippen LogP contribution in [0.3, 0.4) is 0 Å². The van der Waals surface area contributed by atoms with Gasteiger partial charge in [-0.25, -0.2) is 0 Å². The number of hydrogen-bond donors (Lipinski definition) is 0. The number of hydrogen-bond acceptors (Lipinski definition) is 4. The fraction of sp³-hybridized carbons (Fsp3) is 0.125. The molecule has 0 aromatic carbocycles. The Balaban J connectivity index is 2.87. The first-order chi connectivity index (χ1) is 5.63. The molecule has 1 aromatic rings. The standard InChI is InChI=1S/C8H6O4/c1-5(9)7(10)8(11)6-3-2-4-12-6/h2-4H,1H3. The number of ketones is 3. The van der Waals surface area contributed by atoms with E-state index in [9.17, 15) is 14.4 Å². The summed E-state index contributed by atoms with van der Waals surface area (Å²) in [6, 6.07) is 2.81. The van der Waals surface area contributed by atoms with E-state index in [1.165, 1.54) is 18.4 Å². The third-order valence-electron chi connectivity index (χ3n) is 1.27. The highest BCUT2D eigenvalue weighted by Crippen LogP contribution is 2.01. The van der Waals surface area contributed by atoms with Crippen molar-refractivity contribution in [3.05, 3.63) is 24.2 Å². The van der Waals surface area contributed by atoms with Crippen LogP contribution in [0.5, 0.6) is 0 Å². The van der Waals surface area contributed by atoms with Crippen molar-refractivity contribution in [3.8, 4) is 0 Å². The molecule has 0 amide bonds. The van der Waals surface area contributed by atoms with Crippen molar-refractivity contribution < 1.29 is 18.8 Å². The van der Waals surface area contributed by atoms with Gasteiger partial charge in [-0.3, -0.25) is 14.4 Å². The number of furan rings is 1. The maximum atomic E-state index is 11.0. The molecule has 0 fully saturated rings. The Hall–Kier alpha value is -1.71. The van der Waals surface area contributed by atoms with Crippen molar-refractivity contribution >= 4 is 17.3 Å². The lowest BCUT2D eigenvalue weighted by molar-refractivity contribution is -0.132. The molecule has 0 spiro atoms. The van der Waals surface area contributed by atoms with E-state index in [2.05, 4.69) is 4.42 Å². The van der Waals surface area contributed by atoms with E-state index < -0.39 is 17.3 Å². The predicted molar refractivity (Wildman–Crippen MR) is 38.7 cm³/mol. The molecule has 0 N–H and O–H groups in total. The largest absolute Gasteiger partial charge is 0.461 e. The lowest BCUT2D eigenvalue weighted by atomic mass is 10.1. The van der Waals surface area contributed by atoms with Gasteiger partial charge in [-0.15, -0.1) is 0 Å². The molecule has 12 heavy (non-hydrogen) atoms. The van der Waals surface area contributed by atoms with Crippen molar-refractivity contribution in [2.24, 2.45) is 0 Å². The Morgan fingerprint density at radius 3 is 2.42 bits per heavy atom. The zero-order valence-electron chi connectivity index (χ0n) is 6.37. The second kappa shape index (κ2) is 3.13. The Morgan fingerprint density at radius 2 is 2.00 bits per heavy atom. The van der Waals surface area contributed by atoms with E-state index in [0.717, 1.165) is 6.92 Å². The van der Waals surface area contributed by atoms with E-state index in [1.54, 1.807) is 0 Å². The van der Waals surface area contributed by atoms with Gasteiger partial charge >= 0.3 is 0 Å². The second-order valence-corrected chi connectivity index (χ2v) is 2.19. The molecule has 4 heteroatoms. The van der Waals surface area contributed by atoms with Crippen LogP contribution in [0.15, 0.2) is 22.8 Å². The highest BCUT2D eigenvalue weighted by Gasteiger charge is 2.22. The molecule has 0 unspecified atom stereocenters. The summed E-state index contributed by atoms with van der Waals surface area (Å²) in [7, 11) is 0. The van der Waals surface area contributed by atoms with Crippen molar-refractivity contribution in [2.45, 2.75) is 6.92 Å². The van der Waals surface area contributed by atoms with Crippen molar-refractivity contribution in [1.29, 1.82) is 0 Å². The van der Waals surface area contributed by atoms with E-state index in [0.29, 0.717) is 0 Å². The number of Topliss-reactive ketones (excluding diaryl/α,β-unsaturated/α-hetero) is 3. The molecule has 0 saturated carbocycles. The molecule has 0 saturated heterocycles. The molecule has 1 aromatic heterocycles. The van der Waals surface area contributed by atoms with Crippen LogP contribution in [0.4, 0.5) is 0 Å². The molecule has 1 heterocycles. The third kappa shape index (κ3) is 1.47. The number of carbonyl (C=O) groups is 3. The first-order valence-electron chi connectivity index (χ1n) is 3.26. The van der Waals surface area contributed by atoms with Crippen LogP contribution in [-0.2, 0) is 9.59 Å². The van der Waals surface area contributed by atoms with Gasteiger partial charge in [-0.1, -0.05) is 0 Å². The second-order valence-electron chi connectivity index (χ2n) is 2.19. The first-order valence-corrected chi connectivity index (χ1v) is 3.26. The van der Waals surface area contributed by atoms with Crippen LogP contribution in [-0.4, -0.2) is 17.3 Å². The van der Waals surface area contributed by atoms with Crippen LogP contribution in [0.25, 0.3) is 0 Å². The van der Waals surface area contributed by atoms with Crippen LogP contribution in [0.1, 0.15) is 17.5 Å². The van der Waals surface area contributed by atoms with Gasteiger partial charge in [0.05, 0.1) is 6.26 Å². The average molecular weight is 166 g/mol. The Labute approximate surface area is 68.2 Å². The van der Waals surface area contributed by atoms with Gasteiger partial charge < -0.3 is 4.42 Å². The summed E-state index contributed by atoms with van der Waals surface area (Å²) in [5.41, 5.74) is 0. The third-order valence-corrected chi connectivity index (χ3v) is 1.27. The maximum absolute atomic E-state index is 11.0. The van der Waals surface area contributed by atoms with Gasteiger partial charge in [0.2, 0.25) is 5.78 Å². The summed E-state index contributed by atoms with van der Waals surface area (Å²) in [6.07, 6.45) is 1.26. The molecule has 4 nitrogen and oxygen atoms in total. The minimum Gasteiger partial charge on any atom is -0.461 e. The topological polar surface area (TPSA) is 64.3 Å². The maximum Gasteiger partial charge on any atom is 0.272 e. The summed E-state index contributed by atoms with van der Waals surface area (Å²) < 4.78 is 4.64. The minimum atomic E-state index is -1.05. The van der Waals surface area contributed by atoms with Crippen molar-refractivity contribution in [3.63, 3.8) is 0 Å². The van der Waals surface area contributed by atoms with Gasteiger partial charge in [-0.05, 0) is 12.1 Å². The SMILES string of the molecule is CC(=O)C(=O)C(=O)c1ccco1. The molecule has 0 aliphatic heterocycles. The van der Waals surface area contributed by atoms with Gasteiger partial charge in [-0.2, -0.15) is 0 Å². The summed E-state index contributed by atoms with van der Waals surface area (Å²) >= 11 is 0. The summed E-state index contributed by atoms with van der Waals surface area (Å²) in [4.78, 5) is 32.2. The van der Waals surface area contributed by atoms with Crippen molar-refractivity contribution in [2.75, 3.05) is 0 Å².